The van der Waals surface area contributed by atoms with Gasteiger partial charge in [0.1, 0.15) is 24.0 Å². The van der Waals surface area contributed by atoms with Crippen molar-refractivity contribution in [2.24, 2.45) is 5.73 Å². The van der Waals surface area contributed by atoms with E-state index in [1.54, 1.807) is 0 Å². The molecule has 0 fully saturated rings. The van der Waals surface area contributed by atoms with Gasteiger partial charge in [-0.3, -0.25) is 10.1 Å². The number of hydrogen-bond donors (Lipinski definition) is 1. The molecule has 0 saturated heterocycles. The summed E-state index contributed by atoms with van der Waals surface area (Å²) in [6.45, 7) is -0.319. The van der Waals surface area contributed by atoms with Crippen LogP contribution < -0.4 is 10.5 Å². The van der Waals surface area contributed by atoms with Gasteiger partial charge in [0, 0.05) is 24.2 Å². The Morgan fingerprint density at radius 2 is 1.86 bits per heavy atom. The van der Waals surface area contributed by atoms with Gasteiger partial charge in [0.15, 0.2) is 0 Å². The van der Waals surface area contributed by atoms with Gasteiger partial charge < -0.3 is 10.5 Å². The van der Waals surface area contributed by atoms with Gasteiger partial charge in [-0.1, -0.05) is 6.07 Å². The molecule has 21 heavy (non-hydrogen) atoms. The van der Waals surface area contributed by atoms with Crippen LogP contribution >= 0.6 is 0 Å². The molecule has 0 aliphatic carbocycles. The molecule has 7 heteroatoms. The Bertz CT molecular complexity index is 657. The third-order valence-corrected chi connectivity index (χ3v) is 2.91. The fourth-order valence-corrected chi connectivity index (χ4v) is 1.80. The molecule has 2 rings (SSSR count). The van der Waals surface area contributed by atoms with Crippen LogP contribution in [-0.4, -0.2) is 4.92 Å². The van der Waals surface area contributed by atoms with Gasteiger partial charge in [0.2, 0.25) is 0 Å². The molecular weight excluding hydrogens is 282 g/mol. The van der Waals surface area contributed by atoms with Gasteiger partial charge in [-0.15, -0.1) is 0 Å². The molecule has 0 aliphatic rings. The highest BCUT2D eigenvalue weighted by Gasteiger charge is 2.13. The minimum Gasteiger partial charge on any atom is -0.488 e. The second kappa shape index (κ2) is 6.27. The zero-order chi connectivity index (χ0) is 15.4. The van der Waals surface area contributed by atoms with E-state index in [0.29, 0.717) is 5.56 Å². The third kappa shape index (κ3) is 3.32. The maximum Gasteiger partial charge on any atom is 0.270 e. The van der Waals surface area contributed by atoms with E-state index in [1.807, 2.05) is 0 Å². The van der Waals surface area contributed by atoms with Crippen LogP contribution in [0.4, 0.5) is 14.5 Å². The van der Waals surface area contributed by atoms with Crippen LogP contribution in [0.1, 0.15) is 11.1 Å². The zero-order valence-corrected chi connectivity index (χ0v) is 10.9. The Morgan fingerprint density at radius 3 is 2.43 bits per heavy atom. The Balaban J connectivity index is 2.22. The first-order valence-corrected chi connectivity index (χ1v) is 6.06. The van der Waals surface area contributed by atoms with Crippen LogP contribution in [0.2, 0.25) is 0 Å². The number of nitrogens with zero attached hydrogens (tertiary/aromatic N) is 1. The average Bonchev–Trinajstić information content (AvgIpc) is 2.46. The molecule has 0 saturated carbocycles. The summed E-state index contributed by atoms with van der Waals surface area (Å²) >= 11 is 0. The molecule has 2 aromatic carbocycles. The molecule has 0 bridgehead atoms. The van der Waals surface area contributed by atoms with Gasteiger partial charge in [-0.25, -0.2) is 8.78 Å². The topological polar surface area (TPSA) is 78.4 Å². The second-order valence-electron chi connectivity index (χ2n) is 4.24. The van der Waals surface area contributed by atoms with Crippen LogP contribution in [-0.2, 0) is 13.2 Å². The molecule has 110 valence electrons. The van der Waals surface area contributed by atoms with Gasteiger partial charge in [0.25, 0.3) is 5.69 Å². The van der Waals surface area contributed by atoms with Crippen molar-refractivity contribution in [1.82, 2.24) is 0 Å². The van der Waals surface area contributed by atoms with E-state index in [-0.39, 0.29) is 30.2 Å². The minimum absolute atomic E-state index is 0.0107. The van der Waals surface area contributed by atoms with Crippen LogP contribution in [0, 0.1) is 21.7 Å². The van der Waals surface area contributed by atoms with Crippen molar-refractivity contribution in [3.05, 3.63) is 69.3 Å². The number of halogens is 2. The van der Waals surface area contributed by atoms with Crippen LogP contribution in [0.15, 0.2) is 36.4 Å². The molecule has 0 heterocycles. The lowest BCUT2D eigenvalue weighted by Gasteiger charge is -2.11. The lowest BCUT2D eigenvalue weighted by atomic mass is 10.1. The van der Waals surface area contributed by atoms with E-state index < -0.39 is 16.6 Å². The van der Waals surface area contributed by atoms with Crippen LogP contribution in [0.25, 0.3) is 0 Å². The van der Waals surface area contributed by atoms with E-state index in [9.17, 15) is 18.9 Å². The first-order chi connectivity index (χ1) is 10.0. The van der Waals surface area contributed by atoms with Gasteiger partial charge in [0.05, 0.1) is 10.5 Å². The summed E-state index contributed by atoms with van der Waals surface area (Å²) in [5, 5.41) is 10.7. The SMILES string of the molecule is NCc1cc([N+](=O)[O-])ccc1OCc1c(F)cccc1F. The summed E-state index contributed by atoms with van der Waals surface area (Å²) in [6, 6.07) is 7.38. The highest BCUT2D eigenvalue weighted by molar-refractivity contribution is 5.43. The lowest BCUT2D eigenvalue weighted by Crippen LogP contribution is -2.06. The van der Waals surface area contributed by atoms with Crippen molar-refractivity contribution >= 4 is 5.69 Å². The molecule has 0 radical (unpaired) electrons. The molecule has 2 N–H and O–H groups in total. The number of benzene rings is 2. The first-order valence-electron chi connectivity index (χ1n) is 6.06. The van der Waals surface area contributed by atoms with E-state index >= 15 is 0 Å². The number of nitrogens with two attached hydrogens (primary N) is 1. The summed E-state index contributed by atoms with van der Waals surface area (Å²) in [6.07, 6.45) is 0. The van der Waals surface area contributed by atoms with Crippen molar-refractivity contribution in [3.63, 3.8) is 0 Å². The first kappa shape index (κ1) is 14.9. The standard InChI is InChI=1S/C14H12F2N2O3/c15-12-2-1-3-13(16)11(12)8-21-14-5-4-10(18(19)20)6-9(14)7-17/h1-6H,7-8,17H2. The largest absolute Gasteiger partial charge is 0.488 e. The summed E-state index contributed by atoms with van der Waals surface area (Å²) < 4.78 is 32.3. The fraction of sp³-hybridized carbons (Fsp3) is 0.143. The highest BCUT2D eigenvalue weighted by Crippen LogP contribution is 2.25. The summed E-state index contributed by atoms with van der Waals surface area (Å²) in [5.74, 6) is -1.18. The Hall–Kier alpha value is -2.54. The molecule has 5 nitrogen and oxygen atoms in total. The number of rotatable bonds is 5. The molecule has 2 aromatic rings. The normalized spacial score (nSPS) is 10.4. The molecule has 0 unspecified atom stereocenters. The molecule has 0 atom stereocenters. The van der Waals surface area contributed by atoms with Gasteiger partial charge in [-0.2, -0.15) is 0 Å². The maximum absolute atomic E-state index is 13.5. The predicted octanol–water partition coefficient (Wildman–Crippen LogP) is 2.91. The zero-order valence-electron chi connectivity index (χ0n) is 10.9. The summed E-state index contributed by atoms with van der Waals surface area (Å²) in [4.78, 5) is 10.1. The average molecular weight is 294 g/mol. The van der Waals surface area contributed by atoms with E-state index in [0.717, 1.165) is 12.1 Å². The van der Waals surface area contributed by atoms with Crippen molar-refractivity contribution < 1.29 is 18.4 Å². The quantitative estimate of drug-likeness (QED) is 0.679. The number of non-ortho nitro benzene ring substituents is 1. The molecular formula is C14H12F2N2O3. The number of nitro benzene ring substituents is 1. The molecule has 0 aromatic heterocycles. The predicted molar refractivity (Wildman–Crippen MR) is 71.7 cm³/mol. The van der Waals surface area contributed by atoms with Gasteiger partial charge >= 0.3 is 0 Å². The van der Waals surface area contributed by atoms with E-state index in [2.05, 4.69) is 0 Å². The number of nitro groups is 1. The smallest absolute Gasteiger partial charge is 0.270 e. The monoisotopic (exact) mass is 294 g/mol. The maximum atomic E-state index is 13.5. The number of ether oxygens (including phenoxy) is 1. The Morgan fingerprint density at radius 1 is 1.19 bits per heavy atom. The van der Waals surface area contributed by atoms with Crippen molar-refractivity contribution in [2.75, 3.05) is 0 Å². The fourth-order valence-electron chi connectivity index (χ4n) is 1.80. The molecule has 0 amide bonds. The number of hydrogen-bond acceptors (Lipinski definition) is 4. The van der Waals surface area contributed by atoms with Crippen molar-refractivity contribution in [2.45, 2.75) is 13.2 Å². The molecule has 0 spiro atoms. The van der Waals surface area contributed by atoms with Gasteiger partial charge in [-0.05, 0) is 18.2 Å². The molecule has 0 aliphatic heterocycles. The highest BCUT2D eigenvalue weighted by atomic mass is 19.1. The van der Waals surface area contributed by atoms with E-state index in [4.69, 9.17) is 10.5 Å². The van der Waals surface area contributed by atoms with Crippen LogP contribution in [0.3, 0.4) is 0 Å². The van der Waals surface area contributed by atoms with E-state index in [1.165, 1.54) is 24.3 Å². The minimum atomic E-state index is -0.716. The Kier molecular flexibility index (Phi) is 4.44. The summed E-state index contributed by atoms with van der Waals surface area (Å²) in [5.41, 5.74) is 5.55. The van der Waals surface area contributed by atoms with Crippen LogP contribution in [0.5, 0.6) is 5.75 Å². The van der Waals surface area contributed by atoms with Crippen molar-refractivity contribution in [3.8, 4) is 5.75 Å². The summed E-state index contributed by atoms with van der Waals surface area (Å²) in [7, 11) is 0. The van der Waals surface area contributed by atoms with Crippen molar-refractivity contribution in [1.29, 1.82) is 0 Å². The Labute approximate surface area is 119 Å². The lowest BCUT2D eigenvalue weighted by molar-refractivity contribution is -0.384. The third-order valence-electron chi connectivity index (χ3n) is 2.91. The second-order valence-corrected chi connectivity index (χ2v) is 4.24.